The third-order valence-corrected chi connectivity index (χ3v) is 5.67. The number of anilines is 1. The fourth-order valence-electron chi connectivity index (χ4n) is 3.13. The van der Waals surface area contributed by atoms with E-state index in [0.717, 1.165) is 25.9 Å². The molecule has 4 nitrogen and oxygen atoms in total. The van der Waals surface area contributed by atoms with Crippen molar-refractivity contribution in [2.45, 2.75) is 44.2 Å². The average molecular weight is 280 g/mol. The van der Waals surface area contributed by atoms with Crippen LogP contribution in [-0.4, -0.2) is 43.1 Å². The lowest BCUT2D eigenvalue weighted by Gasteiger charge is -2.35. The second-order valence-electron chi connectivity index (χ2n) is 6.01. The second kappa shape index (κ2) is 5.38. The summed E-state index contributed by atoms with van der Waals surface area (Å²) in [6, 6.07) is 0.882. The van der Waals surface area contributed by atoms with Gasteiger partial charge in [0.2, 0.25) is 0 Å². The maximum atomic E-state index is 6.21. The molecule has 1 aromatic heterocycles. The lowest BCUT2D eigenvalue weighted by Crippen LogP contribution is -2.45. The van der Waals surface area contributed by atoms with E-state index in [4.69, 9.17) is 10.7 Å². The maximum Gasteiger partial charge on any atom is 0.185 e. The Morgan fingerprint density at radius 2 is 2.16 bits per heavy atom. The van der Waals surface area contributed by atoms with Gasteiger partial charge in [0.1, 0.15) is 0 Å². The van der Waals surface area contributed by atoms with E-state index < -0.39 is 0 Å². The van der Waals surface area contributed by atoms with Crippen LogP contribution in [0.2, 0.25) is 0 Å². The van der Waals surface area contributed by atoms with Crippen LogP contribution in [0, 0.1) is 0 Å². The fourth-order valence-corrected chi connectivity index (χ4v) is 4.31. The molecule has 2 heterocycles. The van der Waals surface area contributed by atoms with Crippen molar-refractivity contribution in [1.82, 2.24) is 9.88 Å². The molecule has 5 heteroatoms. The first-order valence-electron chi connectivity index (χ1n) is 7.31. The monoisotopic (exact) mass is 280 g/mol. The first kappa shape index (κ1) is 13.3. The summed E-state index contributed by atoms with van der Waals surface area (Å²) in [5.74, 6) is 0. The highest BCUT2D eigenvalue weighted by Gasteiger charge is 2.27. The van der Waals surface area contributed by atoms with Crippen LogP contribution in [0.1, 0.15) is 42.3 Å². The van der Waals surface area contributed by atoms with Gasteiger partial charge in [0.05, 0.1) is 5.69 Å². The number of likely N-dealkylation sites (N-methyl/N-ethyl adjacent to an activating group) is 1. The number of hydrogen-bond donors (Lipinski definition) is 1. The standard InChI is InChI=1S/C14H24N4S/c1-17(2)10-5-4-8-18(9-10)14-16-12-7-3-6-11(15)13(12)19-14/h10-11H,3-9,15H2,1-2H3. The maximum absolute atomic E-state index is 6.21. The van der Waals surface area contributed by atoms with E-state index in [1.54, 1.807) is 0 Å². The van der Waals surface area contributed by atoms with Crippen molar-refractivity contribution in [2.24, 2.45) is 5.73 Å². The number of thiazole rings is 1. The normalized spacial score (nSPS) is 27.7. The lowest BCUT2D eigenvalue weighted by molar-refractivity contribution is 0.258. The van der Waals surface area contributed by atoms with E-state index in [-0.39, 0.29) is 6.04 Å². The highest BCUT2D eigenvalue weighted by atomic mass is 32.1. The number of aryl methyl sites for hydroxylation is 1. The van der Waals surface area contributed by atoms with Crippen molar-refractivity contribution in [3.8, 4) is 0 Å². The molecule has 3 rings (SSSR count). The van der Waals surface area contributed by atoms with E-state index in [0.29, 0.717) is 6.04 Å². The van der Waals surface area contributed by atoms with Gasteiger partial charge < -0.3 is 15.5 Å². The Morgan fingerprint density at radius 1 is 1.32 bits per heavy atom. The number of piperidine rings is 1. The van der Waals surface area contributed by atoms with Gasteiger partial charge in [0.25, 0.3) is 0 Å². The van der Waals surface area contributed by atoms with Gasteiger partial charge in [0.15, 0.2) is 5.13 Å². The Hall–Kier alpha value is -0.650. The minimum atomic E-state index is 0.226. The van der Waals surface area contributed by atoms with Gasteiger partial charge in [-0.25, -0.2) is 4.98 Å². The first-order chi connectivity index (χ1) is 9.15. The van der Waals surface area contributed by atoms with E-state index in [9.17, 15) is 0 Å². The summed E-state index contributed by atoms with van der Waals surface area (Å²) >= 11 is 1.84. The molecule has 1 aromatic rings. The number of nitrogens with two attached hydrogens (primary N) is 1. The van der Waals surface area contributed by atoms with Gasteiger partial charge in [-0.2, -0.15) is 0 Å². The molecule has 1 aliphatic carbocycles. The zero-order chi connectivity index (χ0) is 13.4. The Labute approximate surface area is 119 Å². The van der Waals surface area contributed by atoms with Gasteiger partial charge in [-0.1, -0.05) is 11.3 Å². The van der Waals surface area contributed by atoms with Crippen LogP contribution in [-0.2, 0) is 6.42 Å². The molecule has 2 N–H and O–H groups in total. The zero-order valence-corrected chi connectivity index (χ0v) is 12.7. The van der Waals surface area contributed by atoms with Crippen LogP contribution in [0.4, 0.5) is 5.13 Å². The number of rotatable bonds is 2. The first-order valence-corrected chi connectivity index (χ1v) is 8.13. The van der Waals surface area contributed by atoms with E-state index in [1.165, 1.54) is 35.0 Å². The van der Waals surface area contributed by atoms with Crippen molar-refractivity contribution in [1.29, 1.82) is 0 Å². The summed E-state index contributed by atoms with van der Waals surface area (Å²) in [6.07, 6.45) is 5.99. The topological polar surface area (TPSA) is 45.4 Å². The highest BCUT2D eigenvalue weighted by molar-refractivity contribution is 7.15. The van der Waals surface area contributed by atoms with E-state index in [1.807, 2.05) is 11.3 Å². The van der Waals surface area contributed by atoms with Crippen molar-refractivity contribution in [3.63, 3.8) is 0 Å². The molecule has 1 saturated heterocycles. The van der Waals surface area contributed by atoms with Gasteiger partial charge in [-0.05, 0) is 46.2 Å². The molecule has 2 aliphatic rings. The summed E-state index contributed by atoms with van der Waals surface area (Å²) < 4.78 is 0. The Bertz CT molecular complexity index is 443. The van der Waals surface area contributed by atoms with E-state index in [2.05, 4.69) is 23.9 Å². The summed E-state index contributed by atoms with van der Waals surface area (Å²) in [7, 11) is 4.36. The van der Waals surface area contributed by atoms with Crippen molar-refractivity contribution in [3.05, 3.63) is 10.6 Å². The average Bonchev–Trinajstić information content (AvgIpc) is 2.84. The molecular weight excluding hydrogens is 256 g/mol. The largest absolute Gasteiger partial charge is 0.347 e. The number of nitrogens with zero attached hydrogens (tertiary/aromatic N) is 3. The molecule has 0 spiro atoms. The Balaban J connectivity index is 1.78. The quantitative estimate of drug-likeness (QED) is 0.900. The van der Waals surface area contributed by atoms with Crippen molar-refractivity contribution in [2.75, 3.05) is 32.1 Å². The van der Waals surface area contributed by atoms with Gasteiger partial charge in [-0.15, -0.1) is 0 Å². The summed E-state index contributed by atoms with van der Waals surface area (Å²) in [5.41, 5.74) is 7.48. The highest BCUT2D eigenvalue weighted by Crippen LogP contribution is 2.37. The summed E-state index contributed by atoms with van der Waals surface area (Å²) in [4.78, 5) is 11.0. The smallest absolute Gasteiger partial charge is 0.185 e. The molecular formula is C14H24N4S. The Morgan fingerprint density at radius 3 is 2.89 bits per heavy atom. The van der Waals surface area contributed by atoms with Gasteiger partial charge >= 0.3 is 0 Å². The van der Waals surface area contributed by atoms with Crippen molar-refractivity contribution >= 4 is 16.5 Å². The van der Waals surface area contributed by atoms with Crippen LogP contribution in [0.5, 0.6) is 0 Å². The number of hydrogen-bond acceptors (Lipinski definition) is 5. The molecule has 0 bridgehead atoms. The minimum Gasteiger partial charge on any atom is -0.347 e. The van der Waals surface area contributed by atoms with Crippen LogP contribution in [0.25, 0.3) is 0 Å². The molecule has 1 aliphatic heterocycles. The third-order valence-electron chi connectivity index (χ3n) is 4.38. The third kappa shape index (κ3) is 2.64. The minimum absolute atomic E-state index is 0.226. The lowest BCUT2D eigenvalue weighted by atomic mass is 9.99. The molecule has 2 unspecified atom stereocenters. The Kier molecular flexibility index (Phi) is 3.78. The molecule has 2 atom stereocenters. The predicted octanol–water partition coefficient (Wildman–Crippen LogP) is 2.01. The van der Waals surface area contributed by atoms with Gasteiger partial charge in [-0.3, -0.25) is 0 Å². The second-order valence-corrected chi connectivity index (χ2v) is 7.02. The summed E-state index contributed by atoms with van der Waals surface area (Å²) in [5, 5.41) is 1.20. The molecule has 106 valence electrons. The van der Waals surface area contributed by atoms with Crippen LogP contribution in [0.3, 0.4) is 0 Å². The molecule has 0 saturated carbocycles. The zero-order valence-electron chi connectivity index (χ0n) is 11.9. The van der Waals surface area contributed by atoms with Gasteiger partial charge in [0, 0.05) is 30.1 Å². The van der Waals surface area contributed by atoms with Crippen LogP contribution in [0.15, 0.2) is 0 Å². The van der Waals surface area contributed by atoms with Crippen LogP contribution < -0.4 is 10.6 Å². The van der Waals surface area contributed by atoms with Crippen LogP contribution >= 0.6 is 11.3 Å². The molecule has 19 heavy (non-hydrogen) atoms. The fraction of sp³-hybridized carbons (Fsp3) is 0.786. The summed E-state index contributed by atoms with van der Waals surface area (Å²) in [6.45, 7) is 2.25. The molecule has 0 radical (unpaired) electrons. The number of fused-ring (bicyclic) bond motifs is 1. The molecule has 1 fully saturated rings. The number of aromatic nitrogens is 1. The van der Waals surface area contributed by atoms with E-state index >= 15 is 0 Å². The SMILES string of the molecule is CN(C)C1CCCN(c2nc3c(s2)C(N)CCC3)C1. The molecule has 0 amide bonds. The predicted molar refractivity (Wildman–Crippen MR) is 80.9 cm³/mol. The van der Waals surface area contributed by atoms with Crippen molar-refractivity contribution < 1.29 is 0 Å². The molecule has 0 aromatic carbocycles.